The molecule has 1 N–H and O–H groups in total. The summed E-state index contributed by atoms with van der Waals surface area (Å²) in [6.07, 6.45) is 5.47. The molecule has 2 aliphatic heterocycles. The van der Waals surface area contributed by atoms with Crippen LogP contribution in [0.4, 0.5) is 5.69 Å². The molecule has 0 spiro atoms. The third-order valence-corrected chi connectivity index (χ3v) is 7.81. The van der Waals surface area contributed by atoms with Gasteiger partial charge >= 0.3 is 11.9 Å². The SMILES string of the molecule is CCOC(=O)[C@H](CCCCCCCCN1C(=O)c2ccccc2C1=O)N[C@H]1COc2ccccc2N(CC(=O)OC(C)(C)C)C1=O. The van der Waals surface area contributed by atoms with E-state index >= 15 is 0 Å². The number of para-hydroxylation sites is 2. The summed E-state index contributed by atoms with van der Waals surface area (Å²) in [5.41, 5.74) is 0.676. The Hall–Kier alpha value is -4.25. The first kappa shape index (κ1) is 34.6. The average molecular weight is 636 g/mol. The fraction of sp³-hybridized carbons (Fsp3) is 0.514. The summed E-state index contributed by atoms with van der Waals surface area (Å²) in [6.45, 7) is 7.30. The number of nitrogens with zero attached hydrogens (tertiary/aromatic N) is 2. The van der Waals surface area contributed by atoms with Gasteiger partial charge in [0.1, 0.15) is 36.6 Å². The predicted molar refractivity (Wildman–Crippen MR) is 172 cm³/mol. The van der Waals surface area contributed by atoms with Gasteiger partial charge in [0.05, 0.1) is 23.4 Å². The normalized spacial score (nSPS) is 16.8. The number of anilines is 1. The highest BCUT2D eigenvalue weighted by Gasteiger charge is 2.37. The molecule has 3 amide bonds. The Morgan fingerprint density at radius 1 is 0.891 bits per heavy atom. The van der Waals surface area contributed by atoms with Crippen LogP contribution in [0.2, 0.25) is 0 Å². The van der Waals surface area contributed by atoms with Crippen LogP contribution in [0.5, 0.6) is 5.75 Å². The number of ether oxygens (including phenoxy) is 3. The molecule has 11 nitrogen and oxygen atoms in total. The summed E-state index contributed by atoms with van der Waals surface area (Å²) in [6, 6.07) is 12.3. The minimum absolute atomic E-state index is 0.0241. The van der Waals surface area contributed by atoms with Crippen molar-refractivity contribution in [3.8, 4) is 5.75 Å². The molecule has 11 heteroatoms. The Labute approximate surface area is 270 Å². The first-order chi connectivity index (χ1) is 22.0. The van der Waals surface area contributed by atoms with Gasteiger partial charge in [-0.3, -0.25) is 39.1 Å². The predicted octanol–water partition coefficient (Wildman–Crippen LogP) is 4.67. The summed E-state index contributed by atoms with van der Waals surface area (Å²) < 4.78 is 16.8. The molecule has 0 unspecified atom stereocenters. The number of rotatable bonds is 15. The van der Waals surface area contributed by atoms with Gasteiger partial charge in [0.2, 0.25) is 5.91 Å². The van der Waals surface area contributed by atoms with Crippen molar-refractivity contribution in [3.63, 3.8) is 0 Å². The van der Waals surface area contributed by atoms with Crippen LogP contribution >= 0.6 is 0 Å². The molecule has 2 aromatic rings. The fourth-order valence-electron chi connectivity index (χ4n) is 5.66. The van der Waals surface area contributed by atoms with Crippen LogP contribution in [0.3, 0.4) is 0 Å². The van der Waals surface area contributed by atoms with Crippen molar-refractivity contribution in [2.75, 3.05) is 31.2 Å². The third kappa shape index (κ3) is 8.93. The Kier molecular flexibility index (Phi) is 11.9. The highest BCUT2D eigenvalue weighted by Crippen LogP contribution is 2.31. The van der Waals surface area contributed by atoms with Gasteiger partial charge < -0.3 is 14.2 Å². The lowest BCUT2D eigenvalue weighted by molar-refractivity contribution is -0.154. The largest absolute Gasteiger partial charge is 0.489 e. The molecule has 248 valence electrons. The van der Waals surface area contributed by atoms with E-state index in [9.17, 15) is 24.0 Å². The van der Waals surface area contributed by atoms with Gasteiger partial charge in [-0.1, -0.05) is 56.4 Å². The minimum atomic E-state index is -0.897. The number of hydrogen-bond acceptors (Lipinski definition) is 9. The van der Waals surface area contributed by atoms with Crippen LogP contribution in [0.25, 0.3) is 0 Å². The van der Waals surface area contributed by atoms with Gasteiger partial charge in [0.15, 0.2) is 0 Å². The molecular formula is C35H45N3O8. The molecule has 0 saturated heterocycles. The fourth-order valence-corrected chi connectivity index (χ4v) is 5.66. The van der Waals surface area contributed by atoms with Gasteiger partial charge in [0, 0.05) is 6.54 Å². The first-order valence-electron chi connectivity index (χ1n) is 16.1. The van der Waals surface area contributed by atoms with Crippen molar-refractivity contribution in [2.45, 2.75) is 90.3 Å². The van der Waals surface area contributed by atoms with Crippen LogP contribution in [-0.2, 0) is 23.9 Å². The number of unbranched alkanes of at least 4 members (excludes halogenated alkanes) is 5. The second-order valence-electron chi connectivity index (χ2n) is 12.5. The second kappa shape index (κ2) is 15.8. The van der Waals surface area contributed by atoms with Crippen molar-refractivity contribution >= 4 is 35.3 Å². The van der Waals surface area contributed by atoms with E-state index in [-0.39, 0.29) is 31.6 Å². The number of imide groups is 1. The van der Waals surface area contributed by atoms with Gasteiger partial charge in [0.25, 0.3) is 11.8 Å². The summed E-state index contributed by atoms with van der Waals surface area (Å²) in [7, 11) is 0. The van der Waals surface area contributed by atoms with Crippen molar-refractivity contribution in [3.05, 3.63) is 59.7 Å². The topological polar surface area (TPSA) is 132 Å². The average Bonchev–Trinajstić information content (AvgIpc) is 3.17. The van der Waals surface area contributed by atoms with Gasteiger partial charge in [-0.25, -0.2) is 0 Å². The number of carbonyl (C=O) groups excluding carboxylic acids is 5. The number of esters is 2. The van der Waals surface area contributed by atoms with Crippen LogP contribution in [-0.4, -0.2) is 78.5 Å². The van der Waals surface area contributed by atoms with Crippen LogP contribution in [0, 0.1) is 0 Å². The molecule has 0 bridgehead atoms. The number of fused-ring (bicyclic) bond motifs is 2. The molecule has 0 fully saturated rings. The van der Waals surface area contributed by atoms with Crippen molar-refractivity contribution in [1.82, 2.24) is 10.2 Å². The number of hydrogen-bond donors (Lipinski definition) is 1. The van der Waals surface area contributed by atoms with Crippen molar-refractivity contribution in [2.24, 2.45) is 0 Å². The standard InChI is InChI=1S/C35H45N3O8/c1-5-44-34(43)26(18-10-8-6-7-9-15-21-37-31(40)24-16-11-12-17-25(24)32(37)41)36-27-23-45-29-20-14-13-19-28(29)38(33(27)42)22-30(39)46-35(2,3)4/h11-14,16-17,19-20,26-27,36H,5-10,15,18,21-23H2,1-4H3/t26-,27-/m0/s1. The third-order valence-electron chi connectivity index (χ3n) is 7.81. The van der Waals surface area contributed by atoms with Crippen LogP contribution in [0.15, 0.2) is 48.5 Å². The highest BCUT2D eigenvalue weighted by atomic mass is 16.6. The molecule has 0 saturated carbocycles. The Morgan fingerprint density at radius 2 is 1.50 bits per heavy atom. The monoisotopic (exact) mass is 635 g/mol. The highest BCUT2D eigenvalue weighted by molar-refractivity contribution is 6.21. The molecule has 4 rings (SSSR count). The van der Waals surface area contributed by atoms with Gasteiger partial charge in [-0.15, -0.1) is 0 Å². The van der Waals surface area contributed by atoms with E-state index in [1.165, 1.54) is 9.80 Å². The van der Waals surface area contributed by atoms with Crippen LogP contribution in [0.1, 0.15) is 93.4 Å². The van der Waals surface area contributed by atoms with Crippen LogP contribution < -0.4 is 15.0 Å². The lowest BCUT2D eigenvalue weighted by Crippen LogP contribution is -2.55. The van der Waals surface area contributed by atoms with E-state index in [2.05, 4.69) is 5.32 Å². The van der Waals surface area contributed by atoms with E-state index in [0.717, 1.165) is 38.5 Å². The Bertz CT molecular complexity index is 1380. The zero-order valence-electron chi connectivity index (χ0n) is 27.2. The van der Waals surface area contributed by atoms with Gasteiger partial charge in [-0.05, 0) is 64.8 Å². The second-order valence-corrected chi connectivity index (χ2v) is 12.5. The Balaban J connectivity index is 1.27. The molecule has 0 radical (unpaired) electrons. The molecule has 2 aliphatic rings. The lowest BCUT2D eigenvalue weighted by atomic mass is 10.0. The maximum atomic E-state index is 13.8. The summed E-state index contributed by atoms with van der Waals surface area (Å²) in [5.74, 6) is -1.40. The maximum Gasteiger partial charge on any atom is 0.326 e. The zero-order valence-corrected chi connectivity index (χ0v) is 27.2. The molecule has 0 aliphatic carbocycles. The Morgan fingerprint density at radius 3 is 2.15 bits per heavy atom. The number of benzene rings is 2. The molecule has 2 atom stereocenters. The zero-order chi connectivity index (χ0) is 33.3. The van der Waals surface area contributed by atoms with E-state index < -0.39 is 35.5 Å². The summed E-state index contributed by atoms with van der Waals surface area (Å²) in [5, 5.41) is 3.16. The number of nitrogens with one attached hydrogen (secondary N) is 1. The van der Waals surface area contributed by atoms with Gasteiger partial charge in [-0.2, -0.15) is 0 Å². The summed E-state index contributed by atoms with van der Waals surface area (Å²) in [4.78, 5) is 67.2. The van der Waals surface area contributed by atoms with E-state index in [0.29, 0.717) is 35.5 Å². The summed E-state index contributed by atoms with van der Waals surface area (Å²) >= 11 is 0. The molecule has 2 aromatic carbocycles. The minimum Gasteiger partial charge on any atom is -0.489 e. The van der Waals surface area contributed by atoms with E-state index in [4.69, 9.17) is 14.2 Å². The molecule has 0 aromatic heterocycles. The van der Waals surface area contributed by atoms with Crippen molar-refractivity contribution < 1.29 is 38.2 Å². The van der Waals surface area contributed by atoms with E-state index in [1.807, 2.05) is 0 Å². The smallest absolute Gasteiger partial charge is 0.326 e. The quantitative estimate of drug-likeness (QED) is 0.169. The lowest BCUT2D eigenvalue weighted by Gasteiger charge is -2.28. The van der Waals surface area contributed by atoms with E-state index in [1.54, 1.807) is 76.2 Å². The molecule has 2 heterocycles. The number of amides is 3. The molecular weight excluding hydrogens is 590 g/mol. The maximum absolute atomic E-state index is 13.8. The first-order valence-corrected chi connectivity index (χ1v) is 16.1. The molecule has 46 heavy (non-hydrogen) atoms. The van der Waals surface area contributed by atoms with Crippen molar-refractivity contribution in [1.29, 1.82) is 0 Å². The number of carbonyl (C=O) groups is 5.